The molecule has 0 saturated heterocycles. The van der Waals surface area contributed by atoms with Crippen LogP contribution in [-0.4, -0.2) is 23.8 Å². The van der Waals surface area contributed by atoms with E-state index in [4.69, 9.17) is 0 Å². The van der Waals surface area contributed by atoms with Crippen molar-refractivity contribution in [1.82, 2.24) is 5.01 Å². The predicted octanol–water partition coefficient (Wildman–Crippen LogP) is 3.14. The third-order valence-electron chi connectivity index (χ3n) is 1.80. The molecule has 2 heteroatoms. The van der Waals surface area contributed by atoms with E-state index in [1.165, 1.54) is 6.42 Å². The van der Waals surface area contributed by atoms with Gasteiger partial charge in [-0.3, -0.25) is 5.01 Å². The summed E-state index contributed by atoms with van der Waals surface area (Å²) in [7, 11) is 0. The second-order valence-corrected chi connectivity index (χ2v) is 4.20. The zero-order chi connectivity index (χ0) is 10.3. The molecule has 0 atom stereocenters. The van der Waals surface area contributed by atoms with Gasteiger partial charge in [-0.05, 0) is 26.2 Å². The lowest BCUT2D eigenvalue weighted by Crippen LogP contribution is -2.29. The van der Waals surface area contributed by atoms with E-state index in [-0.39, 0.29) is 0 Å². The van der Waals surface area contributed by atoms with Gasteiger partial charge < -0.3 is 0 Å². The maximum absolute atomic E-state index is 4.46. The quantitative estimate of drug-likeness (QED) is 0.457. The highest BCUT2D eigenvalue weighted by Crippen LogP contribution is 2.04. The van der Waals surface area contributed by atoms with Gasteiger partial charge in [0.15, 0.2) is 0 Å². The fourth-order valence-electron chi connectivity index (χ4n) is 1.06. The van der Waals surface area contributed by atoms with Crippen molar-refractivity contribution in [3.8, 4) is 0 Å². The van der Waals surface area contributed by atoms with Crippen LogP contribution in [0, 0.1) is 5.92 Å². The highest BCUT2D eigenvalue weighted by molar-refractivity contribution is 5.56. The summed E-state index contributed by atoms with van der Waals surface area (Å²) >= 11 is 0. The highest BCUT2D eigenvalue weighted by atomic mass is 15.5. The van der Waals surface area contributed by atoms with Gasteiger partial charge in [-0.1, -0.05) is 27.2 Å². The Balaban J connectivity index is 3.94. The van der Waals surface area contributed by atoms with Gasteiger partial charge >= 0.3 is 0 Å². The van der Waals surface area contributed by atoms with Crippen LogP contribution in [0.4, 0.5) is 0 Å². The van der Waals surface area contributed by atoms with Gasteiger partial charge in [-0.25, -0.2) is 0 Å². The topological polar surface area (TPSA) is 15.6 Å². The van der Waals surface area contributed by atoms with E-state index in [9.17, 15) is 0 Å². The first-order valence-corrected chi connectivity index (χ1v) is 5.37. The monoisotopic (exact) mass is 184 g/mol. The molecule has 0 bridgehead atoms. The van der Waals surface area contributed by atoms with Crippen LogP contribution in [0.15, 0.2) is 5.10 Å². The average Bonchev–Trinajstić information content (AvgIpc) is 2.02. The Labute approximate surface area is 83.0 Å². The number of nitrogens with zero attached hydrogens (tertiary/aromatic N) is 2. The Morgan fingerprint density at radius 2 is 1.85 bits per heavy atom. The Kier molecular flexibility index (Phi) is 6.65. The summed E-state index contributed by atoms with van der Waals surface area (Å²) in [6, 6.07) is 0.510. The van der Waals surface area contributed by atoms with Crippen molar-refractivity contribution in [2.75, 3.05) is 6.54 Å². The summed E-state index contributed by atoms with van der Waals surface area (Å²) in [4.78, 5) is 0. The molecule has 0 amide bonds. The lowest BCUT2D eigenvalue weighted by Gasteiger charge is -2.25. The zero-order valence-electron chi connectivity index (χ0n) is 9.75. The van der Waals surface area contributed by atoms with Gasteiger partial charge in [0, 0.05) is 18.8 Å². The molecule has 13 heavy (non-hydrogen) atoms. The minimum absolute atomic E-state index is 0.510. The van der Waals surface area contributed by atoms with E-state index in [1.54, 1.807) is 0 Å². The lowest BCUT2D eigenvalue weighted by atomic mass is 10.2. The summed E-state index contributed by atoms with van der Waals surface area (Å²) in [5.41, 5.74) is 0. The first-order valence-electron chi connectivity index (χ1n) is 5.37. The Hall–Kier alpha value is -0.530. The molecule has 2 nitrogen and oxygen atoms in total. The molecule has 0 N–H and O–H groups in total. The van der Waals surface area contributed by atoms with Crippen LogP contribution in [-0.2, 0) is 0 Å². The van der Waals surface area contributed by atoms with Crippen molar-refractivity contribution in [2.45, 2.75) is 53.5 Å². The molecule has 0 rings (SSSR count). The van der Waals surface area contributed by atoms with Crippen molar-refractivity contribution in [1.29, 1.82) is 0 Å². The molecule has 0 aromatic rings. The SMILES string of the molecule is CCC/C=N/N(CC(C)C)C(C)C. The predicted molar refractivity (Wildman–Crippen MR) is 60.1 cm³/mol. The van der Waals surface area contributed by atoms with E-state index in [2.05, 4.69) is 44.7 Å². The Morgan fingerprint density at radius 1 is 1.23 bits per heavy atom. The maximum Gasteiger partial charge on any atom is 0.0414 e. The molecule has 0 spiro atoms. The van der Waals surface area contributed by atoms with Crippen LogP contribution >= 0.6 is 0 Å². The van der Waals surface area contributed by atoms with Crippen molar-refractivity contribution in [3.05, 3.63) is 0 Å². The lowest BCUT2D eigenvalue weighted by molar-refractivity contribution is 0.207. The number of hydrogen-bond donors (Lipinski definition) is 0. The van der Waals surface area contributed by atoms with Gasteiger partial charge in [0.2, 0.25) is 0 Å². The van der Waals surface area contributed by atoms with Gasteiger partial charge in [0.1, 0.15) is 0 Å². The largest absolute Gasteiger partial charge is 0.295 e. The minimum atomic E-state index is 0.510. The van der Waals surface area contributed by atoms with E-state index in [1.807, 2.05) is 6.21 Å². The third kappa shape index (κ3) is 6.62. The van der Waals surface area contributed by atoms with Gasteiger partial charge in [-0.2, -0.15) is 5.10 Å². The van der Waals surface area contributed by atoms with Crippen LogP contribution in [0.3, 0.4) is 0 Å². The highest BCUT2D eigenvalue weighted by Gasteiger charge is 2.06. The molecule has 78 valence electrons. The second-order valence-electron chi connectivity index (χ2n) is 4.20. The van der Waals surface area contributed by atoms with E-state index < -0.39 is 0 Å². The fourth-order valence-corrected chi connectivity index (χ4v) is 1.06. The van der Waals surface area contributed by atoms with Crippen molar-refractivity contribution in [3.63, 3.8) is 0 Å². The summed E-state index contributed by atoms with van der Waals surface area (Å²) in [5.74, 6) is 0.682. The first kappa shape index (κ1) is 12.5. The van der Waals surface area contributed by atoms with Crippen molar-refractivity contribution >= 4 is 6.21 Å². The molecular formula is C11H24N2. The van der Waals surface area contributed by atoms with Crippen LogP contribution in [0.2, 0.25) is 0 Å². The summed E-state index contributed by atoms with van der Waals surface area (Å²) in [6.07, 6.45) is 4.29. The molecule has 0 heterocycles. The first-order chi connectivity index (χ1) is 6.07. The van der Waals surface area contributed by atoms with Gasteiger partial charge in [0.05, 0.1) is 0 Å². The molecule has 0 aliphatic carbocycles. The van der Waals surface area contributed by atoms with E-state index >= 15 is 0 Å². The summed E-state index contributed by atoms with van der Waals surface area (Å²) in [6.45, 7) is 12.1. The minimum Gasteiger partial charge on any atom is -0.295 e. The van der Waals surface area contributed by atoms with E-state index in [0.717, 1.165) is 13.0 Å². The number of rotatable bonds is 6. The zero-order valence-corrected chi connectivity index (χ0v) is 9.75. The number of hydrogen-bond acceptors (Lipinski definition) is 2. The van der Waals surface area contributed by atoms with Crippen LogP contribution in [0.1, 0.15) is 47.5 Å². The smallest absolute Gasteiger partial charge is 0.0414 e. The van der Waals surface area contributed by atoms with E-state index in [0.29, 0.717) is 12.0 Å². The van der Waals surface area contributed by atoms with Crippen LogP contribution in [0.5, 0.6) is 0 Å². The average molecular weight is 184 g/mol. The molecule has 0 unspecified atom stereocenters. The normalized spacial score (nSPS) is 11.9. The van der Waals surface area contributed by atoms with Crippen LogP contribution < -0.4 is 0 Å². The maximum atomic E-state index is 4.46. The third-order valence-corrected chi connectivity index (χ3v) is 1.80. The molecule has 0 radical (unpaired) electrons. The fraction of sp³-hybridized carbons (Fsp3) is 0.909. The Bertz CT molecular complexity index is 139. The molecule has 0 aromatic heterocycles. The standard InChI is InChI=1S/C11H24N2/c1-6-7-8-12-13(11(4)5)9-10(2)3/h8,10-11H,6-7,9H2,1-5H3/b12-8+. The van der Waals surface area contributed by atoms with Gasteiger partial charge in [-0.15, -0.1) is 0 Å². The number of unbranched alkanes of at least 4 members (excludes halogenated alkanes) is 1. The molecule has 0 aliphatic rings. The van der Waals surface area contributed by atoms with Crippen molar-refractivity contribution < 1.29 is 0 Å². The molecule has 0 aliphatic heterocycles. The second kappa shape index (κ2) is 6.93. The summed E-state index contributed by atoms with van der Waals surface area (Å²) in [5, 5.41) is 6.63. The Morgan fingerprint density at radius 3 is 2.23 bits per heavy atom. The van der Waals surface area contributed by atoms with Crippen LogP contribution in [0.25, 0.3) is 0 Å². The molecular weight excluding hydrogens is 160 g/mol. The number of hydrazone groups is 1. The molecule has 0 saturated carbocycles. The van der Waals surface area contributed by atoms with Crippen molar-refractivity contribution in [2.24, 2.45) is 11.0 Å². The molecule has 0 aromatic carbocycles. The van der Waals surface area contributed by atoms with Gasteiger partial charge in [0.25, 0.3) is 0 Å². The summed E-state index contributed by atoms with van der Waals surface area (Å²) < 4.78 is 0. The molecule has 0 fully saturated rings.